The first-order valence-corrected chi connectivity index (χ1v) is 19.1. The lowest BCUT2D eigenvalue weighted by Gasteiger charge is -2.69. The Morgan fingerprint density at radius 1 is 1.00 bits per heavy atom. The van der Waals surface area contributed by atoms with Crippen LogP contribution in [0.4, 0.5) is 0 Å². The summed E-state index contributed by atoms with van der Waals surface area (Å²) >= 11 is 0. The quantitative estimate of drug-likeness (QED) is 0.151. The van der Waals surface area contributed by atoms with Crippen LogP contribution in [-0.4, -0.2) is 45.9 Å². The number of nitrogens with zero attached hydrogens (tertiary/aromatic N) is 1. The summed E-state index contributed by atoms with van der Waals surface area (Å²) < 4.78 is 6.14. The summed E-state index contributed by atoms with van der Waals surface area (Å²) in [7, 11) is 0. The molecule has 1 heterocycles. The summed E-state index contributed by atoms with van der Waals surface area (Å²) in [6.45, 7) is 21.3. The average molecular weight is 691 g/mol. The van der Waals surface area contributed by atoms with Crippen LogP contribution in [0.3, 0.4) is 0 Å². The number of carboxylic acids is 1. The summed E-state index contributed by atoms with van der Waals surface area (Å²) in [5.74, 6) is 0.291. The highest BCUT2D eigenvalue weighted by molar-refractivity contribution is 5.95. The highest BCUT2D eigenvalue weighted by Gasteiger charge is 2.66. The van der Waals surface area contributed by atoms with Gasteiger partial charge in [0.25, 0.3) is 5.91 Å². The number of pyridine rings is 1. The molecule has 0 saturated heterocycles. The molecule has 8 unspecified atom stereocenters. The first-order valence-electron chi connectivity index (χ1n) is 19.1. The van der Waals surface area contributed by atoms with E-state index in [1.165, 1.54) is 11.1 Å². The molecule has 1 aromatic rings. The minimum atomic E-state index is -1.17. The van der Waals surface area contributed by atoms with Crippen molar-refractivity contribution in [3.63, 3.8) is 0 Å². The van der Waals surface area contributed by atoms with Crippen LogP contribution in [0, 0.1) is 58.2 Å². The molecule has 8 heteroatoms. The maximum atomic E-state index is 13.8. The van der Waals surface area contributed by atoms with E-state index in [1.54, 1.807) is 20.0 Å². The van der Waals surface area contributed by atoms with Gasteiger partial charge in [0.05, 0.1) is 22.9 Å². The number of amides is 1. The SMILES string of the molecule is C/C(=C1/C2CCC3C(C)(CCC4C(C)(C)C(OC(=O)CC(C)(C)C(=O)O)CCC43C)C2CCC1(CC=O)NC(=O)c1ccc(C)nc1)C(C)C. The minimum Gasteiger partial charge on any atom is -0.481 e. The van der Waals surface area contributed by atoms with Crippen molar-refractivity contribution in [3.8, 4) is 0 Å². The Morgan fingerprint density at radius 2 is 1.68 bits per heavy atom. The van der Waals surface area contributed by atoms with Crippen molar-refractivity contribution >= 4 is 24.1 Å². The number of aldehydes is 1. The van der Waals surface area contributed by atoms with E-state index in [0.717, 1.165) is 63.3 Å². The number of aliphatic carboxylic acids is 1. The van der Waals surface area contributed by atoms with Gasteiger partial charge in [-0.2, -0.15) is 0 Å². The Hall–Kier alpha value is -3.03. The van der Waals surface area contributed by atoms with Crippen LogP contribution in [0.5, 0.6) is 0 Å². The lowest BCUT2D eigenvalue weighted by Crippen LogP contribution is -2.64. The molecule has 2 N–H and O–H groups in total. The van der Waals surface area contributed by atoms with E-state index in [4.69, 9.17) is 4.74 Å². The van der Waals surface area contributed by atoms with Gasteiger partial charge in [-0.3, -0.25) is 19.4 Å². The monoisotopic (exact) mass is 690 g/mol. The molecule has 0 bridgehead atoms. The molecule has 0 radical (unpaired) electrons. The second-order valence-corrected chi connectivity index (χ2v) is 18.5. The van der Waals surface area contributed by atoms with Crippen molar-refractivity contribution in [3.05, 3.63) is 40.7 Å². The third-order valence-electron chi connectivity index (χ3n) is 14.6. The van der Waals surface area contributed by atoms with Crippen molar-refractivity contribution in [1.82, 2.24) is 10.3 Å². The van der Waals surface area contributed by atoms with Gasteiger partial charge in [-0.15, -0.1) is 0 Å². The number of nitrogens with one attached hydrogen (secondary N) is 1. The van der Waals surface area contributed by atoms with E-state index in [1.807, 2.05) is 19.1 Å². The summed E-state index contributed by atoms with van der Waals surface area (Å²) in [6, 6.07) is 3.67. The largest absolute Gasteiger partial charge is 0.481 e. The van der Waals surface area contributed by atoms with Crippen LogP contribution >= 0.6 is 0 Å². The molecule has 4 saturated carbocycles. The van der Waals surface area contributed by atoms with Gasteiger partial charge in [0.15, 0.2) is 0 Å². The number of rotatable bonds is 9. The van der Waals surface area contributed by atoms with Crippen molar-refractivity contribution in [2.45, 2.75) is 145 Å². The molecule has 276 valence electrons. The van der Waals surface area contributed by atoms with Gasteiger partial charge in [-0.05, 0) is 137 Å². The standard InChI is InChI=1S/C42H62N2O6/c1-25(2)27(4)35-29-13-14-32-40(9,30(29)15-20-42(35,21-22-45)44-36(47)28-12-11-26(3)43-24-28)18-16-31-39(7,8)33(17-19-41(31,32)10)50-34(46)23-38(5,6)37(48)49/h11-12,22,24-25,29-33H,13-21,23H2,1-10H3,(H,44,47)(H,48,49)/b35-27+. The fourth-order valence-electron chi connectivity index (χ4n) is 11.7. The number of fused-ring (bicyclic) bond motifs is 5. The lowest BCUT2D eigenvalue weighted by atomic mass is 9.36. The van der Waals surface area contributed by atoms with Crippen LogP contribution in [0.2, 0.25) is 0 Å². The predicted octanol–water partition coefficient (Wildman–Crippen LogP) is 8.51. The van der Waals surface area contributed by atoms with E-state index >= 15 is 0 Å². The molecule has 1 amide bonds. The molecule has 5 rings (SSSR count). The number of esters is 1. The zero-order chi connectivity index (χ0) is 37.0. The number of hydrogen-bond donors (Lipinski definition) is 2. The van der Waals surface area contributed by atoms with Gasteiger partial charge < -0.3 is 20.0 Å². The van der Waals surface area contributed by atoms with Crippen LogP contribution in [-0.2, 0) is 19.1 Å². The molecule has 0 aliphatic heterocycles. The van der Waals surface area contributed by atoms with E-state index < -0.39 is 22.9 Å². The van der Waals surface area contributed by atoms with E-state index in [9.17, 15) is 24.3 Å². The van der Waals surface area contributed by atoms with Crippen molar-refractivity contribution < 1.29 is 29.0 Å². The number of hydrogen-bond acceptors (Lipinski definition) is 6. The molecule has 8 nitrogen and oxygen atoms in total. The fraction of sp³-hybridized carbons (Fsp3) is 0.738. The molecule has 1 aromatic heterocycles. The van der Waals surface area contributed by atoms with Gasteiger partial charge >= 0.3 is 11.9 Å². The Bertz CT molecular complexity index is 1530. The minimum absolute atomic E-state index is 0.0751. The summed E-state index contributed by atoms with van der Waals surface area (Å²) in [4.78, 5) is 55.3. The Labute approximate surface area is 300 Å². The summed E-state index contributed by atoms with van der Waals surface area (Å²) in [5.41, 5.74) is 1.99. The number of carboxylic acid groups (broad SMARTS) is 1. The van der Waals surface area contributed by atoms with Gasteiger partial charge in [0.2, 0.25) is 0 Å². The van der Waals surface area contributed by atoms with Crippen molar-refractivity contribution in [1.29, 1.82) is 0 Å². The second-order valence-electron chi connectivity index (χ2n) is 18.5. The number of allylic oxidation sites excluding steroid dienone is 1. The van der Waals surface area contributed by atoms with E-state index in [0.29, 0.717) is 23.3 Å². The number of carbonyl (C=O) groups excluding carboxylic acids is 3. The van der Waals surface area contributed by atoms with Crippen LogP contribution in [0.25, 0.3) is 0 Å². The normalized spacial score (nSPS) is 35.9. The first kappa shape index (κ1) is 38.2. The highest BCUT2D eigenvalue weighted by Crippen LogP contribution is 2.71. The zero-order valence-corrected chi connectivity index (χ0v) is 32.3. The van der Waals surface area contributed by atoms with Crippen LogP contribution in [0.15, 0.2) is 29.5 Å². The predicted molar refractivity (Wildman–Crippen MR) is 194 cm³/mol. The Kier molecular flexibility index (Phi) is 10.3. The molecule has 4 aliphatic rings. The maximum Gasteiger partial charge on any atom is 0.309 e. The van der Waals surface area contributed by atoms with Gasteiger partial charge in [-0.1, -0.05) is 47.1 Å². The summed E-state index contributed by atoms with van der Waals surface area (Å²) in [5, 5.41) is 13.0. The smallest absolute Gasteiger partial charge is 0.309 e. The summed E-state index contributed by atoms with van der Waals surface area (Å²) in [6.07, 6.45) is 10.2. The van der Waals surface area contributed by atoms with E-state index in [2.05, 4.69) is 58.8 Å². The number of aromatic nitrogens is 1. The average Bonchev–Trinajstić information content (AvgIpc) is 3.01. The highest BCUT2D eigenvalue weighted by atomic mass is 16.5. The van der Waals surface area contributed by atoms with Crippen molar-refractivity contribution in [2.75, 3.05) is 0 Å². The van der Waals surface area contributed by atoms with E-state index in [-0.39, 0.29) is 52.9 Å². The molecule has 4 fully saturated rings. The lowest BCUT2D eigenvalue weighted by molar-refractivity contribution is -0.213. The second kappa shape index (κ2) is 13.5. The molecular formula is C42H62N2O6. The van der Waals surface area contributed by atoms with Gasteiger partial charge in [0.1, 0.15) is 12.4 Å². The number of ether oxygens (including phenoxy) is 1. The maximum absolute atomic E-state index is 13.8. The van der Waals surface area contributed by atoms with Crippen molar-refractivity contribution in [2.24, 2.45) is 51.2 Å². The zero-order valence-electron chi connectivity index (χ0n) is 32.3. The number of carbonyl (C=O) groups is 4. The topological polar surface area (TPSA) is 123 Å². The van der Waals surface area contributed by atoms with Crippen LogP contribution < -0.4 is 5.32 Å². The van der Waals surface area contributed by atoms with Crippen LogP contribution in [0.1, 0.15) is 143 Å². The first-order chi connectivity index (χ1) is 23.2. The number of aryl methyl sites for hydroxylation is 1. The Balaban J connectivity index is 1.44. The molecule has 8 atom stereocenters. The molecule has 0 aromatic carbocycles. The van der Waals surface area contributed by atoms with Gasteiger partial charge in [-0.25, -0.2) is 0 Å². The van der Waals surface area contributed by atoms with Gasteiger partial charge in [0, 0.05) is 23.7 Å². The third kappa shape index (κ3) is 6.46. The molecule has 4 aliphatic carbocycles. The molecule has 50 heavy (non-hydrogen) atoms. The molecular weight excluding hydrogens is 628 g/mol. The molecule has 0 spiro atoms. The third-order valence-corrected chi connectivity index (χ3v) is 14.6. The Morgan fingerprint density at radius 3 is 2.28 bits per heavy atom. The fourth-order valence-corrected chi connectivity index (χ4v) is 11.7.